The highest BCUT2D eigenvalue weighted by molar-refractivity contribution is 5.02. The van der Waals surface area contributed by atoms with Gasteiger partial charge in [-0.25, -0.2) is 0 Å². The van der Waals surface area contributed by atoms with Gasteiger partial charge in [0.05, 0.1) is 0 Å². The standard InChI is InChI=1S/C10H20N2/c1-3-12-8-6-10(12)5-4-7-11(2)9-10/h3-9H2,1-2H3. The second kappa shape index (κ2) is 3.00. The average Bonchev–Trinajstić information content (AvgIpc) is 2.03. The van der Waals surface area contributed by atoms with Gasteiger partial charge >= 0.3 is 0 Å². The summed E-state index contributed by atoms with van der Waals surface area (Å²) < 4.78 is 0. The number of likely N-dealkylation sites (N-methyl/N-ethyl adjacent to an activating group) is 2. The molecule has 2 aliphatic heterocycles. The lowest BCUT2D eigenvalue weighted by Gasteiger charge is -2.56. The van der Waals surface area contributed by atoms with Crippen LogP contribution in [0.1, 0.15) is 26.2 Å². The Labute approximate surface area is 75.5 Å². The highest BCUT2D eigenvalue weighted by Crippen LogP contribution is 2.37. The Morgan fingerprint density at radius 3 is 2.58 bits per heavy atom. The summed E-state index contributed by atoms with van der Waals surface area (Å²) in [6.07, 6.45) is 4.27. The highest BCUT2D eigenvalue weighted by atomic mass is 15.3. The highest BCUT2D eigenvalue weighted by Gasteiger charge is 2.45. The molecule has 2 fully saturated rings. The fraction of sp³-hybridized carbons (Fsp3) is 1.00. The number of nitrogens with zero attached hydrogens (tertiary/aromatic N) is 2. The lowest BCUT2D eigenvalue weighted by molar-refractivity contribution is -0.0565. The summed E-state index contributed by atoms with van der Waals surface area (Å²) in [5, 5.41) is 0. The summed E-state index contributed by atoms with van der Waals surface area (Å²) >= 11 is 0. The minimum atomic E-state index is 0.599. The van der Waals surface area contributed by atoms with E-state index >= 15 is 0 Å². The van der Waals surface area contributed by atoms with Gasteiger partial charge < -0.3 is 4.90 Å². The molecule has 12 heavy (non-hydrogen) atoms. The van der Waals surface area contributed by atoms with E-state index in [2.05, 4.69) is 23.8 Å². The summed E-state index contributed by atoms with van der Waals surface area (Å²) in [5.74, 6) is 0. The molecule has 0 radical (unpaired) electrons. The minimum absolute atomic E-state index is 0.599. The Morgan fingerprint density at radius 1 is 1.25 bits per heavy atom. The normalized spacial score (nSPS) is 38.5. The topological polar surface area (TPSA) is 6.48 Å². The van der Waals surface area contributed by atoms with E-state index in [1.165, 1.54) is 45.4 Å². The van der Waals surface area contributed by atoms with Crippen LogP contribution in [0.15, 0.2) is 0 Å². The molecule has 2 nitrogen and oxygen atoms in total. The molecule has 2 saturated heterocycles. The molecule has 0 amide bonds. The average molecular weight is 168 g/mol. The van der Waals surface area contributed by atoms with Gasteiger partial charge in [-0.05, 0) is 39.4 Å². The Hall–Kier alpha value is -0.0800. The Bertz CT molecular complexity index is 167. The molecule has 1 spiro atoms. The van der Waals surface area contributed by atoms with Gasteiger partial charge in [0.1, 0.15) is 0 Å². The first-order valence-corrected chi connectivity index (χ1v) is 5.20. The van der Waals surface area contributed by atoms with Crippen LogP contribution >= 0.6 is 0 Å². The van der Waals surface area contributed by atoms with Crippen molar-refractivity contribution in [2.45, 2.75) is 31.7 Å². The number of likely N-dealkylation sites (tertiary alicyclic amines) is 2. The number of piperidine rings is 1. The van der Waals surface area contributed by atoms with Crippen LogP contribution in [0.2, 0.25) is 0 Å². The summed E-state index contributed by atoms with van der Waals surface area (Å²) in [6, 6.07) is 0. The quantitative estimate of drug-likeness (QED) is 0.580. The van der Waals surface area contributed by atoms with Gasteiger partial charge in [-0.15, -0.1) is 0 Å². The van der Waals surface area contributed by atoms with Crippen molar-refractivity contribution in [1.29, 1.82) is 0 Å². The monoisotopic (exact) mass is 168 g/mol. The van der Waals surface area contributed by atoms with Crippen molar-refractivity contribution in [3.8, 4) is 0 Å². The molecule has 2 heterocycles. The Balaban J connectivity index is 2.00. The first kappa shape index (κ1) is 8.52. The lowest BCUT2D eigenvalue weighted by atomic mass is 9.78. The largest absolute Gasteiger partial charge is 0.305 e. The van der Waals surface area contributed by atoms with E-state index in [1.807, 2.05) is 0 Å². The zero-order valence-electron chi connectivity index (χ0n) is 8.34. The van der Waals surface area contributed by atoms with Crippen molar-refractivity contribution in [1.82, 2.24) is 9.80 Å². The fourth-order valence-electron chi connectivity index (χ4n) is 2.88. The van der Waals surface area contributed by atoms with E-state index in [4.69, 9.17) is 0 Å². The molecule has 0 aromatic heterocycles. The molecular formula is C10H20N2. The summed E-state index contributed by atoms with van der Waals surface area (Å²) in [4.78, 5) is 5.15. The van der Waals surface area contributed by atoms with E-state index < -0.39 is 0 Å². The number of rotatable bonds is 1. The Kier molecular flexibility index (Phi) is 2.13. The van der Waals surface area contributed by atoms with E-state index in [0.29, 0.717) is 5.54 Å². The predicted molar refractivity (Wildman–Crippen MR) is 51.3 cm³/mol. The van der Waals surface area contributed by atoms with Gasteiger partial charge in [0, 0.05) is 18.6 Å². The second-order valence-electron chi connectivity index (χ2n) is 4.40. The van der Waals surface area contributed by atoms with Crippen LogP contribution in [0.4, 0.5) is 0 Å². The van der Waals surface area contributed by atoms with Gasteiger partial charge in [0.15, 0.2) is 0 Å². The number of hydrogen-bond acceptors (Lipinski definition) is 2. The van der Waals surface area contributed by atoms with Crippen LogP contribution in [-0.2, 0) is 0 Å². The molecule has 2 rings (SSSR count). The summed E-state index contributed by atoms with van der Waals surface area (Å²) in [6.45, 7) is 7.48. The maximum atomic E-state index is 2.66. The Morgan fingerprint density at radius 2 is 2.08 bits per heavy atom. The van der Waals surface area contributed by atoms with Gasteiger partial charge in [0.25, 0.3) is 0 Å². The third-order valence-corrected chi connectivity index (χ3v) is 3.65. The molecule has 0 aromatic carbocycles. The SMILES string of the molecule is CCN1CCC12CCCN(C)C2. The van der Waals surface area contributed by atoms with Crippen LogP contribution in [0.5, 0.6) is 0 Å². The zero-order chi connectivity index (χ0) is 8.60. The van der Waals surface area contributed by atoms with Crippen LogP contribution in [-0.4, -0.2) is 48.6 Å². The minimum Gasteiger partial charge on any atom is -0.305 e. The number of hydrogen-bond donors (Lipinski definition) is 0. The maximum Gasteiger partial charge on any atom is 0.0348 e. The molecule has 2 heteroatoms. The molecule has 1 unspecified atom stereocenters. The van der Waals surface area contributed by atoms with Crippen molar-refractivity contribution in [2.75, 3.05) is 33.2 Å². The molecule has 0 N–H and O–H groups in total. The summed E-state index contributed by atoms with van der Waals surface area (Å²) in [7, 11) is 2.26. The molecular weight excluding hydrogens is 148 g/mol. The van der Waals surface area contributed by atoms with E-state index in [0.717, 1.165) is 0 Å². The van der Waals surface area contributed by atoms with Crippen LogP contribution < -0.4 is 0 Å². The van der Waals surface area contributed by atoms with E-state index in [-0.39, 0.29) is 0 Å². The maximum absolute atomic E-state index is 2.66. The van der Waals surface area contributed by atoms with Crippen molar-refractivity contribution in [3.63, 3.8) is 0 Å². The molecule has 70 valence electrons. The smallest absolute Gasteiger partial charge is 0.0348 e. The molecule has 1 atom stereocenters. The van der Waals surface area contributed by atoms with E-state index in [1.54, 1.807) is 0 Å². The summed E-state index contributed by atoms with van der Waals surface area (Å²) in [5.41, 5.74) is 0.599. The van der Waals surface area contributed by atoms with Gasteiger partial charge in [-0.3, -0.25) is 4.90 Å². The molecule has 2 aliphatic rings. The molecule has 0 bridgehead atoms. The van der Waals surface area contributed by atoms with Crippen molar-refractivity contribution < 1.29 is 0 Å². The molecule has 0 aromatic rings. The molecule has 0 aliphatic carbocycles. The zero-order valence-corrected chi connectivity index (χ0v) is 8.34. The fourth-order valence-corrected chi connectivity index (χ4v) is 2.88. The lowest BCUT2D eigenvalue weighted by Crippen LogP contribution is -2.66. The first-order chi connectivity index (χ1) is 5.77. The van der Waals surface area contributed by atoms with Crippen LogP contribution in [0, 0.1) is 0 Å². The predicted octanol–water partition coefficient (Wildman–Crippen LogP) is 1.18. The van der Waals surface area contributed by atoms with Crippen LogP contribution in [0.25, 0.3) is 0 Å². The van der Waals surface area contributed by atoms with Gasteiger partial charge in [0.2, 0.25) is 0 Å². The van der Waals surface area contributed by atoms with Crippen molar-refractivity contribution in [2.24, 2.45) is 0 Å². The van der Waals surface area contributed by atoms with Crippen molar-refractivity contribution in [3.05, 3.63) is 0 Å². The van der Waals surface area contributed by atoms with Crippen LogP contribution in [0.3, 0.4) is 0 Å². The van der Waals surface area contributed by atoms with Gasteiger partial charge in [-0.1, -0.05) is 6.92 Å². The second-order valence-corrected chi connectivity index (χ2v) is 4.40. The third kappa shape index (κ3) is 1.17. The van der Waals surface area contributed by atoms with Gasteiger partial charge in [-0.2, -0.15) is 0 Å². The van der Waals surface area contributed by atoms with E-state index in [9.17, 15) is 0 Å². The first-order valence-electron chi connectivity index (χ1n) is 5.20. The third-order valence-electron chi connectivity index (χ3n) is 3.65. The molecule has 0 saturated carbocycles. The van der Waals surface area contributed by atoms with Crippen molar-refractivity contribution >= 4 is 0 Å².